The van der Waals surface area contributed by atoms with Crippen molar-refractivity contribution >= 4 is 28.8 Å². The molecule has 0 saturated carbocycles. The molecular weight excluding hydrogens is 367 g/mol. The van der Waals surface area contributed by atoms with E-state index in [2.05, 4.69) is 10.3 Å². The molecule has 8 heteroatoms. The van der Waals surface area contributed by atoms with E-state index in [1.54, 1.807) is 0 Å². The van der Waals surface area contributed by atoms with E-state index < -0.39 is 17.6 Å². The van der Waals surface area contributed by atoms with Crippen LogP contribution in [0, 0.1) is 6.92 Å². The van der Waals surface area contributed by atoms with Crippen LogP contribution in [0.25, 0.3) is 5.65 Å². The number of hydrogen-bond acceptors (Lipinski definition) is 2. The molecule has 2 aromatic heterocycles. The van der Waals surface area contributed by atoms with Gasteiger partial charge in [0.2, 0.25) is 5.91 Å². The predicted molar refractivity (Wildman–Crippen MR) is 93.3 cm³/mol. The zero-order valence-electron chi connectivity index (χ0n) is 13.8. The smallest absolute Gasteiger partial charge is 0.325 e. The van der Waals surface area contributed by atoms with Crippen LogP contribution in [0.3, 0.4) is 0 Å². The first-order valence-corrected chi connectivity index (χ1v) is 8.22. The van der Waals surface area contributed by atoms with E-state index in [1.165, 1.54) is 0 Å². The number of anilines is 1. The van der Waals surface area contributed by atoms with Gasteiger partial charge >= 0.3 is 6.18 Å². The third-order valence-electron chi connectivity index (χ3n) is 3.99. The van der Waals surface area contributed by atoms with Gasteiger partial charge in [-0.15, -0.1) is 0 Å². The van der Waals surface area contributed by atoms with Crippen LogP contribution >= 0.6 is 11.6 Å². The van der Waals surface area contributed by atoms with Crippen molar-refractivity contribution in [2.45, 2.75) is 25.9 Å². The summed E-state index contributed by atoms with van der Waals surface area (Å²) in [6.45, 7) is 1.85. The molecular formula is C18H15ClF3N3O. The van der Waals surface area contributed by atoms with Gasteiger partial charge in [-0.1, -0.05) is 17.7 Å². The molecule has 0 bridgehead atoms. The van der Waals surface area contributed by atoms with Crippen molar-refractivity contribution in [1.82, 2.24) is 9.38 Å². The summed E-state index contributed by atoms with van der Waals surface area (Å²) < 4.78 is 40.3. The van der Waals surface area contributed by atoms with Crippen LogP contribution in [0.15, 0.2) is 42.6 Å². The first-order valence-electron chi connectivity index (χ1n) is 7.85. The molecule has 4 nitrogen and oxygen atoms in total. The summed E-state index contributed by atoms with van der Waals surface area (Å²) in [7, 11) is 0. The third-order valence-corrected chi connectivity index (χ3v) is 4.32. The molecule has 0 aliphatic heterocycles. The number of aryl methyl sites for hydroxylation is 2. The maximum absolute atomic E-state index is 12.8. The summed E-state index contributed by atoms with van der Waals surface area (Å²) >= 11 is 5.90. The zero-order chi connectivity index (χ0) is 18.9. The van der Waals surface area contributed by atoms with Crippen molar-refractivity contribution in [3.8, 4) is 0 Å². The number of pyridine rings is 1. The molecule has 0 atom stereocenters. The summed E-state index contributed by atoms with van der Waals surface area (Å²) in [5.74, 6) is -0.420. The highest BCUT2D eigenvalue weighted by Gasteiger charge is 2.31. The number of aromatic nitrogens is 2. The number of halogens is 4. The molecule has 0 unspecified atom stereocenters. The minimum atomic E-state index is -4.50. The molecule has 0 radical (unpaired) electrons. The number of nitrogens with one attached hydrogen (secondary N) is 1. The quantitative estimate of drug-likeness (QED) is 0.699. The van der Waals surface area contributed by atoms with Crippen LogP contribution in [0.1, 0.15) is 23.4 Å². The number of benzene rings is 1. The third kappa shape index (κ3) is 3.83. The fourth-order valence-corrected chi connectivity index (χ4v) is 2.87. The Bertz CT molecular complexity index is 966. The van der Waals surface area contributed by atoms with E-state index in [-0.39, 0.29) is 17.1 Å². The summed E-state index contributed by atoms with van der Waals surface area (Å²) in [6, 6.07) is 8.42. The average molecular weight is 382 g/mol. The highest BCUT2D eigenvalue weighted by Crippen LogP contribution is 2.33. The van der Waals surface area contributed by atoms with Gasteiger partial charge in [0.25, 0.3) is 0 Å². The topological polar surface area (TPSA) is 46.4 Å². The molecule has 2 heterocycles. The summed E-state index contributed by atoms with van der Waals surface area (Å²) in [6.07, 6.45) is -2.15. The summed E-state index contributed by atoms with van der Waals surface area (Å²) in [5, 5.41) is 2.51. The van der Waals surface area contributed by atoms with E-state index >= 15 is 0 Å². The predicted octanol–water partition coefficient (Wildman–Crippen LogP) is 4.89. The Hall–Kier alpha value is -2.54. The number of rotatable bonds is 4. The molecule has 1 amide bonds. The van der Waals surface area contributed by atoms with Crippen molar-refractivity contribution in [3.05, 3.63) is 64.6 Å². The minimum absolute atomic E-state index is 0.0531. The minimum Gasteiger partial charge on any atom is -0.325 e. The van der Waals surface area contributed by atoms with Crippen LogP contribution in [0.5, 0.6) is 0 Å². The molecule has 0 aliphatic carbocycles. The highest BCUT2D eigenvalue weighted by molar-refractivity contribution is 6.33. The summed E-state index contributed by atoms with van der Waals surface area (Å²) in [5.41, 5.74) is 1.55. The molecule has 1 aromatic carbocycles. The van der Waals surface area contributed by atoms with Gasteiger partial charge < -0.3 is 9.72 Å². The lowest BCUT2D eigenvalue weighted by Gasteiger charge is -2.11. The van der Waals surface area contributed by atoms with Crippen molar-refractivity contribution < 1.29 is 18.0 Å². The van der Waals surface area contributed by atoms with E-state index in [1.807, 2.05) is 35.7 Å². The van der Waals surface area contributed by atoms with Crippen molar-refractivity contribution in [2.24, 2.45) is 0 Å². The molecule has 0 spiro atoms. The van der Waals surface area contributed by atoms with Gasteiger partial charge in [-0.25, -0.2) is 4.98 Å². The van der Waals surface area contributed by atoms with Crippen molar-refractivity contribution in [3.63, 3.8) is 0 Å². The molecule has 26 heavy (non-hydrogen) atoms. The number of hydrogen-bond donors (Lipinski definition) is 1. The second-order valence-electron chi connectivity index (χ2n) is 5.81. The number of carbonyl (C=O) groups is 1. The summed E-state index contributed by atoms with van der Waals surface area (Å²) in [4.78, 5) is 16.6. The van der Waals surface area contributed by atoms with Gasteiger partial charge in [-0.2, -0.15) is 13.2 Å². The van der Waals surface area contributed by atoms with E-state index in [0.29, 0.717) is 6.42 Å². The number of alkyl halides is 3. The molecule has 3 aromatic rings. The lowest BCUT2D eigenvalue weighted by atomic mass is 10.1. The average Bonchev–Trinajstić information content (AvgIpc) is 2.89. The monoisotopic (exact) mass is 381 g/mol. The van der Waals surface area contributed by atoms with Crippen molar-refractivity contribution in [2.75, 3.05) is 5.32 Å². The van der Waals surface area contributed by atoms with Crippen molar-refractivity contribution in [1.29, 1.82) is 0 Å². The molecule has 3 rings (SSSR count). The van der Waals surface area contributed by atoms with E-state index in [0.717, 1.165) is 35.2 Å². The Kier molecular flexibility index (Phi) is 4.91. The standard InChI is InChI=1S/C18H15ClF3N3O/c1-11-15(25-9-3-2-4-16(25)23-11)7-8-17(26)24-14-10-12(18(20,21)22)5-6-13(14)19/h2-6,9-10H,7-8H2,1H3,(H,24,26). The van der Waals surface area contributed by atoms with E-state index in [9.17, 15) is 18.0 Å². The number of fused-ring (bicyclic) bond motifs is 1. The number of imidazole rings is 1. The SMILES string of the molecule is Cc1nc2ccccn2c1CCC(=O)Nc1cc(C(F)(F)F)ccc1Cl. The normalized spacial score (nSPS) is 11.7. The number of amides is 1. The molecule has 1 N–H and O–H groups in total. The fourth-order valence-electron chi connectivity index (χ4n) is 2.71. The Morgan fingerprint density at radius 2 is 2.04 bits per heavy atom. The fraction of sp³-hybridized carbons (Fsp3) is 0.222. The lowest BCUT2D eigenvalue weighted by molar-refractivity contribution is -0.137. The van der Waals surface area contributed by atoms with Gasteiger partial charge in [-0.3, -0.25) is 4.79 Å². The second kappa shape index (κ2) is 6.99. The largest absolute Gasteiger partial charge is 0.416 e. The van der Waals surface area contributed by atoms with Crippen LogP contribution < -0.4 is 5.32 Å². The first-order chi connectivity index (χ1) is 12.3. The van der Waals surface area contributed by atoms with E-state index in [4.69, 9.17) is 11.6 Å². The van der Waals surface area contributed by atoms with Gasteiger partial charge in [-0.05, 0) is 43.7 Å². The first kappa shape index (κ1) is 18.3. The Morgan fingerprint density at radius 3 is 2.77 bits per heavy atom. The molecule has 0 fully saturated rings. The van der Waals surface area contributed by atoms with Gasteiger partial charge in [0.05, 0.1) is 22.0 Å². The maximum Gasteiger partial charge on any atom is 0.416 e. The Morgan fingerprint density at radius 1 is 1.27 bits per heavy atom. The number of nitrogens with zero attached hydrogens (tertiary/aromatic N) is 2. The van der Waals surface area contributed by atoms with Gasteiger partial charge in [0.15, 0.2) is 0 Å². The van der Waals surface area contributed by atoms with Crippen LogP contribution in [-0.4, -0.2) is 15.3 Å². The lowest BCUT2D eigenvalue weighted by Crippen LogP contribution is -2.14. The van der Waals surface area contributed by atoms with Crippen LogP contribution in [0.4, 0.5) is 18.9 Å². The Labute approximate surface area is 152 Å². The number of carbonyl (C=O) groups excluding carboxylic acids is 1. The van der Waals surface area contributed by atoms with Gasteiger partial charge in [0.1, 0.15) is 5.65 Å². The van der Waals surface area contributed by atoms with Gasteiger partial charge in [0, 0.05) is 18.3 Å². The van der Waals surface area contributed by atoms with Crippen LogP contribution in [-0.2, 0) is 17.4 Å². The second-order valence-corrected chi connectivity index (χ2v) is 6.22. The molecule has 136 valence electrons. The maximum atomic E-state index is 12.8. The van der Waals surface area contributed by atoms with Crippen LogP contribution in [0.2, 0.25) is 5.02 Å². The molecule has 0 aliphatic rings. The molecule has 0 saturated heterocycles. The Balaban J connectivity index is 1.72. The zero-order valence-corrected chi connectivity index (χ0v) is 14.5. The highest BCUT2D eigenvalue weighted by atomic mass is 35.5.